The molecule has 42 heavy (non-hydrogen) atoms. The van der Waals surface area contributed by atoms with Crippen LogP contribution in [0.5, 0.6) is 5.75 Å². The Hall–Kier alpha value is -2.42. The van der Waals surface area contributed by atoms with Crippen molar-refractivity contribution in [2.24, 2.45) is 17.8 Å². The van der Waals surface area contributed by atoms with Crippen LogP contribution in [-0.4, -0.2) is 57.0 Å². The third-order valence-corrected chi connectivity index (χ3v) is 9.43. The molecule has 1 saturated carbocycles. The molecule has 240 valence electrons. The Balaban J connectivity index is 0.00000120. The van der Waals surface area contributed by atoms with E-state index in [9.17, 15) is 22.8 Å². The highest BCUT2D eigenvalue weighted by Gasteiger charge is 2.47. The van der Waals surface area contributed by atoms with E-state index in [0.717, 1.165) is 63.5 Å². The van der Waals surface area contributed by atoms with Crippen molar-refractivity contribution in [1.29, 1.82) is 0 Å². The van der Waals surface area contributed by atoms with E-state index in [1.807, 2.05) is 26.0 Å². The Labute approximate surface area is 254 Å². The Morgan fingerprint density at radius 1 is 1.00 bits per heavy atom. The summed E-state index contributed by atoms with van der Waals surface area (Å²) in [5.41, 5.74) is 2.46. The van der Waals surface area contributed by atoms with Gasteiger partial charge < -0.3 is 14.2 Å². The van der Waals surface area contributed by atoms with Crippen molar-refractivity contribution in [3.8, 4) is 5.75 Å². The molecule has 0 spiro atoms. The number of unbranched alkanes of at least 4 members (excludes halogenated alkanes) is 2. The summed E-state index contributed by atoms with van der Waals surface area (Å²) in [5.74, 6) is 1.81. The average molecular weight is 611 g/mol. The second kappa shape index (κ2) is 17.6. The minimum atomic E-state index is -2.66. The smallest absolute Gasteiger partial charge is 0.305 e. The van der Waals surface area contributed by atoms with Gasteiger partial charge in [0.25, 0.3) is 0 Å². The standard InChI is InChI=1S/C30H44O6.C3H8O2S.H2/c1-5-8-9-12-23(35-29(32)6-2)14-15-24-25-16-21-11-10-13-27(34-19-20(4)31)26(21)17-22(25)18-28(24)36-30(33)7-3;1-3-6(2,4)5;/h10-11,13,22-25,28H,5-9,12,14-19H2,1-4H3;3H2,1-2H3;1H/t22-,23-,24+,25?,28+;;/m0../s1. The summed E-state index contributed by atoms with van der Waals surface area (Å²) in [6.07, 6.45) is 10.3. The van der Waals surface area contributed by atoms with E-state index >= 15 is 0 Å². The number of rotatable bonds is 15. The molecule has 0 heterocycles. The van der Waals surface area contributed by atoms with Crippen molar-refractivity contribution >= 4 is 27.6 Å². The average Bonchev–Trinajstić information content (AvgIpc) is 3.28. The highest BCUT2D eigenvalue weighted by molar-refractivity contribution is 7.90. The molecule has 2 aliphatic rings. The minimum absolute atomic E-state index is 0. The number of ketones is 1. The largest absolute Gasteiger partial charge is 0.486 e. The van der Waals surface area contributed by atoms with Gasteiger partial charge in [-0.2, -0.15) is 0 Å². The van der Waals surface area contributed by atoms with Crippen molar-refractivity contribution in [3.63, 3.8) is 0 Å². The number of hydrogen-bond donors (Lipinski definition) is 0. The number of ether oxygens (including phenoxy) is 3. The summed E-state index contributed by atoms with van der Waals surface area (Å²) in [6.45, 7) is 9.08. The van der Waals surface area contributed by atoms with E-state index in [0.29, 0.717) is 24.7 Å². The maximum absolute atomic E-state index is 12.3. The number of Topliss-reactive ketones (excluding diaryl/α,β-unsaturated/α-hetero) is 1. The topological polar surface area (TPSA) is 113 Å². The first kappa shape index (κ1) is 35.8. The van der Waals surface area contributed by atoms with E-state index in [4.69, 9.17) is 14.2 Å². The third-order valence-electron chi connectivity index (χ3n) is 8.39. The zero-order valence-corrected chi connectivity index (χ0v) is 27.3. The number of fused-ring (bicyclic) bond motifs is 2. The van der Waals surface area contributed by atoms with Gasteiger partial charge in [0, 0.05) is 26.3 Å². The summed E-state index contributed by atoms with van der Waals surface area (Å²) >= 11 is 0. The number of carbonyl (C=O) groups is 3. The van der Waals surface area contributed by atoms with E-state index in [-0.39, 0.29) is 49.6 Å². The second-order valence-corrected chi connectivity index (χ2v) is 14.2. The molecule has 2 aliphatic carbocycles. The predicted octanol–water partition coefficient (Wildman–Crippen LogP) is 6.31. The zero-order valence-electron chi connectivity index (χ0n) is 26.5. The highest BCUT2D eigenvalue weighted by atomic mass is 32.2. The summed E-state index contributed by atoms with van der Waals surface area (Å²) in [6, 6.07) is 6.11. The molecule has 5 atom stereocenters. The van der Waals surface area contributed by atoms with Crippen LogP contribution in [0.25, 0.3) is 0 Å². The Morgan fingerprint density at radius 3 is 2.29 bits per heavy atom. The summed E-state index contributed by atoms with van der Waals surface area (Å²) in [5, 5.41) is 0. The lowest BCUT2D eigenvalue weighted by Gasteiger charge is -2.33. The van der Waals surface area contributed by atoms with Crippen molar-refractivity contribution in [3.05, 3.63) is 29.3 Å². The van der Waals surface area contributed by atoms with Crippen LogP contribution < -0.4 is 4.74 Å². The molecule has 9 heteroatoms. The lowest BCUT2D eigenvalue weighted by atomic mass is 9.73. The van der Waals surface area contributed by atoms with E-state index < -0.39 is 9.84 Å². The van der Waals surface area contributed by atoms with Gasteiger partial charge in [-0.05, 0) is 86.8 Å². The van der Waals surface area contributed by atoms with E-state index in [1.54, 1.807) is 6.92 Å². The van der Waals surface area contributed by atoms with Gasteiger partial charge in [-0.3, -0.25) is 14.4 Å². The van der Waals surface area contributed by atoms with Gasteiger partial charge in [-0.1, -0.05) is 52.7 Å². The Kier molecular flexibility index (Phi) is 15.0. The van der Waals surface area contributed by atoms with Gasteiger partial charge in [0.1, 0.15) is 34.4 Å². The molecule has 1 fully saturated rings. The van der Waals surface area contributed by atoms with Crippen LogP contribution >= 0.6 is 0 Å². The van der Waals surface area contributed by atoms with Crippen LogP contribution in [0.2, 0.25) is 0 Å². The van der Waals surface area contributed by atoms with Crippen LogP contribution in [0.15, 0.2) is 18.2 Å². The normalized spacial score (nSPS) is 21.7. The number of carbonyl (C=O) groups excluding carboxylic acids is 3. The summed E-state index contributed by atoms with van der Waals surface area (Å²) in [4.78, 5) is 35.8. The van der Waals surface area contributed by atoms with Gasteiger partial charge in [-0.15, -0.1) is 0 Å². The van der Waals surface area contributed by atoms with Gasteiger partial charge in [-0.25, -0.2) is 8.42 Å². The molecule has 0 N–H and O–H groups in total. The second-order valence-electron chi connectivity index (χ2n) is 11.8. The maximum Gasteiger partial charge on any atom is 0.305 e. The van der Waals surface area contributed by atoms with Gasteiger partial charge in [0.05, 0.1) is 0 Å². The summed E-state index contributed by atoms with van der Waals surface area (Å²) in [7, 11) is -2.66. The number of hydrogen-bond acceptors (Lipinski definition) is 8. The number of benzene rings is 1. The molecule has 1 aromatic carbocycles. The molecule has 1 unspecified atom stereocenters. The SMILES string of the molecule is CCCCC[C@@H](CC[C@@H]1C2Cc3cccc(OCC(C)=O)c3C[C@H]2C[C@H]1OC(=O)CC)OC(=O)CC.CCS(C)(=O)=O.[HH]. The van der Waals surface area contributed by atoms with Crippen LogP contribution in [0.1, 0.15) is 105 Å². The first-order chi connectivity index (χ1) is 19.9. The fourth-order valence-electron chi connectivity index (χ4n) is 6.01. The van der Waals surface area contributed by atoms with Gasteiger partial charge >= 0.3 is 11.9 Å². The first-order valence-electron chi connectivity index (χ1n) is 15.7. The number of esters is 2. The monoisotopic (exact) mass is 610 g/mol. The first-order valence-corrected chi connectivity index (χ1v) is 17.8. The predicted molar refractivity (Wildman–Crippen MR) is 166 cm³/mol. The number of sulfone groups is 1. The maximum atomic E-state index is 12.3. The minimum Gasteiger partial charge on any atom is -0.486 e. The van der Waals surface area contributed by atoms with Crippen LogP contribution in [-0.2, 0) is 46.5 Å². The molecule has 1 aromatic rings. The van der Waals surface area contributed by atoms with Crippen LogP contribution in [0.3, 0.4) is 0 Å². The Bertz CT molecular complexity index is 1140. The van der Waals surface area contributed by atoms with Crippen molar-refractivity contribution in [1.82, 2.24) is 0 Å². The zero-order chi connectivity index (χ0) is 31.3. The van der Waals surface area contributed by atoms with E-state index in [2.05, 4.69) is 13.0 Å². The molecule has 0 radical (unpaired) electrons. The molecule has 3 rings (SSSR count). The van der Waals surface area contributed by atoms with Crippen molar-refractivity contribution in [2.45, 2.75) is 117 Å². The van der Waals surface area contributed by atoms with Crippen LogP contribution in [0, 0.1) is 17.8 Å². The quantitative estimate of drug-likeness (QED) is 0.168. The summed E-state index contributed by atoms with van der Waals surface area (Å²) < 4.78 is 37.6. The fraction of sp³-hybridized carbons (Fsp3) is 0.727. The van der Waals surface area contributed by atoms with Gasteiger partial charge in [0.15, 0.2) is 5.78 Å². The molecule has 0 aromatic heterocycles. The van der Waals surface area contributed by atoms with Crippen molar-refractivity contribution < 1.29 is 38.4 Å². The van der Waals surface area contributed by atoms with E-state index in [1.165, 1.54) is 24.3 Å². The fourth-order valence-corrected chi connectivity index (χ4v) is 6.01. The molecule has 0 amide bonds. The molecule has 0 bridgehead atoms. The molecule has 8 nitrogen and oxygen atoms in total. The molecular formula is C33H54O8S. The molecule has 0 saturated heterocycles. The lowest BCUT2D eigenvalue weighted by molar-refractivity contribution is -0.151. The Morgan fingerprint density at radius 2 is 1.69 bits per heavy atom. The lowest BCUT2D eigenvalue weighted by Crippen LogP contribution is -2.30. The molecular weight excluding hydrogens is 556 g/mol. The highest BCUT2D eigenvalue weighted by Crippen LogP contribution is 2.49. The van der Waals surface area contributed by atoms with Crippen LogP contribution in [0.4, 0.5) is 0 Å². The molecule has 0 aliphatic heterocycles. The van der Waals surface area contributed by atoms with Gasteiger partial charge in [0.2, 0.25) is 0 Å². The van der Waals surface area contributed by atoms with Crippen molar-refractivity contribution in [2.75, 3.05) is 18.6 Å². The third kappa shape index (κ3) is 11.7.